The van der Waals surface area contributed by atoms with Crippen molar-refractivity contribution in [1.29, 1.82) is 0 Å². The summed E-state index contributed by atoms with van der Waals surface area (Å²) in [6.45, 7) is 5.00. The number of carbonyl (C=O) groups is 2. The zero-order valence-corrected chi connectivity index (χ0v) is 12.5. The highest BCUT2D eigenvalue weighted by molar-refractivity contribution is 7.85. The highest BCUT2D eigenvalue weighted by atomic mass is 32.2. The van der Waals surface area contributed by atoms with E-state index < -0.39 is 28.6 Å². The number of hydrogen-bond donors (Lipinski definition) is 1. The Morgan fingerprint density at radius 1 is 1.30 bits per heavy atom. The van der Waals surface area contributed by atoms with Crippen molar-refractivity contribution in [2.75, 3.05) is 5.75 Å². The molecule has 0 heterocycles. The van der Waals surface area contributed by atoms with Gasteiger partial charge < -0.3 is 5.32 Å². The molecule has 20 heavy (non-hydrogen) atoms. The van der Waals surface area contributed by atoms with Crippen LogP contribution < -0.4 is 5.32 Å². The van der Waals surface area contributed by atoms with Crippen molar-refractivity contribution in [3.8, 4) is 0 Å². The predicted molar refractivity (Wildman–Crippen MR) is 75.1 cm³/mol. The third-order valence-corrected chi connectivity index (χ3v) is 4.11. The molecule has 0 spiro atoms. The fourth-order valence-electron chi connectivity index (χ4n) is 1.78. The molecular weight excluding hydrogens is 281 g/mol. The van der Waals surface area contributed by atoms with Crippen LogP contribution in [0.25, 0.3) is 0 Å². The van der Waals surface area contributed by atoms with Crippen molar-refractivity contribution in [3.63, 3.8) is 0 Å². The van der Waals surface area contributed by atoms with Gasteiger partial charge in [-0.15, -0.1) is 0 Å². The maximum absolute atomic E-state index is 13.4. The minimum atomic E-state index is -1.77. The Balaban J connectivity index is 2.69. The standard InChI is InChI=1S/C14H18FNO3S/c1-9(2)14(10(3)17)16-13(18)8-20(19)12-7-5-4-6-11(12)15/h4-7,9,14H,8H2,1-3H3,(H,16,18). The summed E-state index contributed by atoms with van der Waals surface area (Å²) in [5.41, 5.74) is 0. The Kier molecular flexibility index (Phi) is 6.01. The smallest absolute Gasteiger partial charge is 0.233 e. The van der Waals surface area contributed by atoms with E-state index in [4.69, 9.17) is 0 Å². The molecule has 110 valence electrons. The summed E-state index contributed by atoms with van der Waals surface area (Å²) >= 11 is 0. The number of hydrogen-bond acceptors (Lipinski definition) is 3. The Labute approximate surface area is 120 Å². The maximum atomic E-state index is 13.4. The van der Waals surface area contributed by atoms with Crippen LogP contribution in [0.1, 0.15) is 20.8 Å². The molecule has 1 aromatic rings. The normalized spacial score (nSPS) is 13.8. The summed E-state index contributed by atoms with van der Waals surface area (Å²) in [6.07, 6.45) is 0. The number of Topliss-reactive ketones (excluding diaryl/α,β-unsaturated/α-hetero) is 1. The van der Waals surface area contributed by atoms with Crippen molar-refractivity contribution < 1.29 is 18.2 Å². The Bertz CT molecular complexity index is 531. The quantitative estimate of drug-likeness (QED) is 0.869. The number of ketones is 1. The molecule has 0 aromatic heterocycles. The Hall–Kier alpha value is -1.56. The third kappa shape index (κ3) is 4.52. The lowest BCUT2D eigenvalue weighted by atomic mass is 10.0. The van der Waals surface area contributed by atoms with Gasteiger partial charge in [-0.1, -0.05) is 26.0 Å². The van der Waals surface area contributed by atoms with Crippen molar-refractivity contribution in [2.45, 2.75) is 31.7 Å². The van der Waals surface area contributed by atoms with E-state index in [-0.39, 0.29) is 22.3 Å². The van der Waals surface area contributed by atoms with Crippen LogP contribution in [0.2, 0.25) is 0 Å². The summed E-state index contributed by atoms with van der Waals surface area (Å²) in [7, 11) is -1.77. The maximum Gasteiger partial charge on any atom is 0.233 e. The van der Waals surface area contributed by atoms with Crippen LogP contribution in [-0.4, -0.2) is 27.7 Å². The molecule has 0 radical (unpaired) electrons. The van der Waals surface area contributed by atoms with Crippen LogP contribution in [0.4, 0.5) is 4.39 Å². The van der Waals surface area contributed by atoms with Crippen LogP contribution >= 0.6 is 0 Å². The minimum Gasteiger partial charge on any atom is -0.345 e. The number of amides is 1. The summed E-state index contributed by atoms with van der Waals surface area (Å²) < 4.78 is 25.4. The molecule has 0 saturated carbocycles. The second-order valence-corrected chi connectivity index (χ2v) is 6.24. The van der Waals surface area contributed by atoms with Gasteiger partial charge in [0.25, 0.3) is 0 Å². The molecule has 0 aliphatic rings. The number of carbonyl (C=O) groups excluding carboxylic acids is 2. The van der Waals surface area contributed by atoms with Crippen molar-refractivity contribution in [1.82, 2.24) is 5.32 Å². The van der Waals surface area contributed by atoms with E-state index in [1.807, 2.05) is 0 Å². The van der Waals surface area contributed by atoms with Gasteiger partial charge in [-0.2, -0.15) is 0 Å². The summed E-state index contributed by atoms with van der Waals surface area (Å²) in [6, 6.07) is 5.00. The molecule has 6 heteroatoms. The zero-order chi connectivity index (χ0) is 15.3. The molecule has 0 aliphatic heterocycles. The molecule has 1 N–H and O–H groups in total. The first-order valence-corrected chi connectivity index (χ1v) is 7.57. The van der Waals surface area contributed by atoms with Crippen molar-refractivity contribution >= 4 is 22.5 Å². The van der Waals surface area contributed by atoms with Gasteiger partial charge in [0, 0.05) is 0 Å². The molecule has 0 saturated heterocycles. The van der Waals surface area contributed by atoms with E-state index in [0.717, 1.165) is 0 Å². The molecular formula is C14H18FNO3S. The monoisotopic (exact) mass is 299 g/mol. The third-order valence-electron chi connectivity index (χ3n) is 2.77. The van der Waals surface area contributed by atoms with Crippen LogP contribution in [0.5, 0.6) is 0 Å². The fourth-order valence-corrected chi connectivity index (χ4v) is 2.77. The first-order valence-electron chi connectivity index (χ1n) is 6.25. The lowest BCUT2D eigenvalue weighted by Crippen LogP contribution is -2.45. The van der Waals surface area contributed by atoms with Gasteiger partial charge in [-0.3, -0.25) is 13.8 Å². The average Bonchev–Trinajstić information content (AvgIpc) is 2.35. The van der Waals surface area contributed by atoms with Gasteiger partial charge in [0.1, 0.15) is 11.6 Å². The summed E-state index contributed by atoms with van der Waals surface area (Å²) in [4.78, 5) is 23.2. The van der Waals surface area contributed by atoms with E-state index in [1.165, 1.54) is 25.1 Å². The Morgan fingerprint density at radius 3 is 2.40 bits per heavy atom. The van der Waals surface area contributed by atoms with Crippen molar-refractivity contribution in [3.05, 3.63) is 30.1 Å². The van der Waals surface area contributed by atoms with Crippen LogP contribution in [-0.2, 0) is 20.4 Å². The second kappa shape index (κ2) is 7.28. The molecule has 0 fully saturated rings. The highest BCUT2D eigenvalue weighted by Gasteiger charge is 2.22. The van der Waals surface area contributed by atoms with Crippen molar-refractivity contribution in [2.24, 2.45) is 5.92 Å². The minimum absolute atomic E-state index is 0.00780. The number of rotatable bonds is 6. The first kappa shape index (κ1) is 16.5. The fraction of sp³-hybridized carbons (Fsp3) is 0.429. The molecule has 2 atom stereocenters. The van der Waals surface area contributed by atoms with Crippen LogP contribution in [0.15, 0.2) is 29.2 Å². The van der Waals surface area contributed by atoms with Gasteiger partial charge in [-0.05, 0) is 25.0 Å². The highest BCUT2D eigenvalue weighted by Crippen LogP contribution is 2.12. The SMILES string of the molecule is CC(=O)C(NC(=O)CS(=O)c1ccccc1F)C(C)C. The first-order chi connectivity index (χ1) is 9.32. The zero-order valence-electron chi connectivity index (χ0n) is 11.7. The largest absolute Gasteiger partial charge is 0.345 e. The number of benzene rings is 1. The molecule has 2 unspecified atom stereocenters. The van der Waals surface area contributed by atoms with Crippen LogP contribution in [0, 0.1) is 11.7 Å². The molecule has 1 amide bonds. The molecule has 1 rings (SSSR count). The van der Waals surface area contributed by atoms with Crippen LogP contribution in [0.3, 0.4) is 0 Å². The van der Waals surface area contributed by atoms with Gasteiger partial charge in [0.05, 0.1) is 21.7 Å². The van der Waals surface area contributed by atoms with E-state index in [9.17, 15) is 18.2 Å². The number of nitrogens with one attached hydrogen (secondary N) is 1. The molecule has 4 nitrogen and oxygen atoms in total. The average molecular weight is 299 g/mol. The van der Waals surface area contributed by atoms with E-state index >= 15 is 0 Å². The topological polar surface area (TPSA) is 63.2 Å². The molecule has 0 aliphatic carbocycles. The van der Waals surface area contributed by atoms with Gasteiger partial charge in [0.2, 0.25) is 5.91 Å². The van der Waals surface area contributed by atoms with Gasteiger partial charge in [-0.25, -0.2) is 4.39 Å². The Morgan fingerprint density at radius 2 is 1.90 bits per heavy atom. The summed E-state index contributed by atoms with van der Waals surface area (Å²) in [5, 5.41) is 2.53. The lowest BCUT2D eigenvalue weighted by Gasteiger charge is -2.19. The van der Waals surface area contributed by atoms with E-state index in [0.29, 0.717) is 0 Å². The van der Waals surface area contributed by atoms with Gasteiger partial charge in [0.15, 0.2) is 5.78 Å². The lowest BCUT2D eigenvalue weighted by molar-refractivity contribution is -0.126. The summed E-state index contributed by atoms with van der Waals surface area (Å²) in [5.74, 6) is -1.72. The predicted octanol–water partition coefficient (Wildman–Crippen LogP) is 1.66. The van der Waals surface area contributed by atoms with Gasteiger partial charge >= 0.3 is 0 Å². The number of halogens is 1. The molecule has 1 aromatic carbocycles. The second-order valence-electron chi connectivity index (χ2n) is 4.82. The molecule has 0 bridgehead atoms. The van der Waals surface area contributed by atoms with E-state index in [2.05, 4.69) is 5.32 Å². The van der Waals surface area contributed by atoms with E-state index in [1.54, 1.807) is 19.9 Å².